The summed E-state index contributed by atoms with van der Waals surface area (Å²) in [5.41, 5.74) is 9.17. The molecule has 186 valence electrons. The summed E-state index contributed by atoms with van der Waals surface area (Å²) in [6.45, 7) is 0.0408. The molecule has 0 saturated heterocycles. The van der Waals surface area contributed by atoms with Crippen molar-refractivity contribution in [2.24, 2.45) is 0 Å². The Bertz CT molecular complexity index is 2130. The Morgan fingerprint density at radius 3 is 2.05 bits per heavy atom. The van der Waals surface area contributed by atoms with E-state index in [0.29, 0.717) is 0 Å². The molecule has 3 nitrogen and oxygen atoms in total. The normalized spacial score (nSPS) is 12.8. The van der Waals surface area contributed by atoms with Gasteiger partial charge in [0.2, 0.25) is 0 Å². The van der Waals surface area contributed by atoms with Crippen LogP contribution < -0.4 is 25.9 Å². The zero-order valence-corrected chi connectivity index (χ0v) is 21.5. The van der Waals surface area contributed by atoms with Crippen LogP contribution in [0.3, 0.4) is 0 Å². The quantitative estimate of drug-likeness (QED) is 0.230. The van der Waals surface area contributed by atoms with E-state index in [1.54, 1.807) is 0 Å². The van der Waals surface area contributed by atoms with Crippen LogP contribution in [-0.2, 0) is 0 Å². The molecule has 0 bridgehead atoms. The number of fused-ring (bicyclic) bond motifs is 7. The van der Waals surface area contributed by atoms with E-state index in [1.807, 2.05) is 18.2 Å². The minimum absolute atomic E-state index is 0.0408. The van der Waals surface area contributed by atoms with E-state index in [-0.39, 0.29) is 6.71 Å². The Balaban J connectivity index is 1.36. The molecular weight excluding hydrogens is 489 g/mol. The lowest BCUT2D eigenvalue weighted by Crippen LogP contribution is -2.57. The first kappa shape index (κ1) is 21.7. The van der Waals surface area contributed by atoms with E-state index in [2.05, 4.69) is 120 Å². The topological polar surface area (TPSA) is 23.4 Å². The van der Waals surface area contributed by atoms with Gasteiger partial charge in [0.25, 0.3) is 6.71 Å². The number of aromatic nitrogens is 1. The van der Waals surface area contributed by atoms with E-state index in [0.717, 1.165) is 50.7 Å². The van der Waals surface area contributed by atoms with Crippen molar-refractivity contribution in [3.05, 3.63) is 133 Å². The van der Waals surface area contributed by atoms with Crippen LogP contribution in [0.2, 0.25) is 0 Å². The van der Waals surface area contributed by atoms with Crippen molar-refractivity contribution in [2.45, 2.75) is 0 Å². The summed E-state index contributed by atoms with van der Waals surface area (Å²) in [6.07, 6.45) is 0. The van der Waals surface area contributed by atoms with E-state index in [4.69, 9.17) is 9.47 Å². The van der Waals surface area contributed by atoms with Gasteiger partial charge in [0, 0.05) is 33.0 Å². The molecule has 6 aromatic carbocycles. The molecule has 1 aromatic heterocycles. The summed E-state index contributed by atoms with van der Waals surface area (Å²) >= 11 is 0. The largest absolute Gasteiger partial charge is 0.458 e. The van der Waals surface area contributed by atoms with Gasteiger partial charge in [-0.2, -0.15) is 0 Å². The van der Waals surface area contributed by atoms with Gasteiger partial charge in [0.15, 0.2) is 0 Å². The smallest absolute Gasteiger partial charge is 0.260 e. The predicted octanol–water partition coefficient (Wildman–Crippen LogP) is 7.18. The number of hydrogen-bond donors (Lipinski definition) is 0. The van der Waals surface area contributed by atoms with Crippen molar-refractivity contribution < 1.29 is 9.47 Å². The molecule has 7 aromatic rings. The molecule has 0 unspecified atom stereocenters. The van der Waals surface area contributed by atoms with Crippen LogP contribution in [0.15, 0.2) is 133 Å². The molecule has 0 atom stereocenters. The molecule has 40 heavy (non-hydrogen) atoms. The fraction of sp³-hybridized carbons (Fsp3) is 0. The second kappa shape index (κ2) is 8.14. The number of rotatable bonds is 2. The molecule has 0 saturated carbocycles. The highest BCUT2D eigenvalue weighted by atomic mass is 16.5. The lowest BCUT2D eigenvalue weighted by atomic mass is 9.34. The summed E-state index contributed by atoms with van der Waals surface area (Å²) in [5.74, 6) is 3.53. The first-order valence-corrected chi connectivity index (χ1v) is 13.7. The number of ether oxygens (including phenoxy) is 2. The second-order valence-corrected chi connectivity index (χ2v) is 10.5. The first-order valence-electron chi connectivity index (χ1n) is 13.7. The van der Waals surface area contributed by atoms with E-state index >= 15 is 0 Å². The Kier molecular flexibility index (Phi) is 4.41. The minimum atomic E-state index is 0.0408. The van der Waals surface area contributed by atoms with Crippen LogP contribution >= 0.6 is 0 Å². The molecule has 0 amide bonds. The molecule has 0 radical (unpaired) electrons. The third kappa shape index (κ3) is 2.90. The maximum Gasteiger partial charge on any atom is 0.260 e. The average molecular weight is 511 g/mol. The molecule has 2 aliphatic heterocycles. The number of nitrogens with zero attached hydrogens (tertiary/aromatic N) is 1. The van der Waals surface area contributed by atoms with Crippen LogP contribution in [0.5, 0.6) is 23.0 Å². The maximum atomic E-state index is 6.80. The summed E-state index contributed by atoms with van der Waals surface area (Å²) in [6, 6.07) is 46.9. The van der Waals surface area contributed by atoms with Crippen molar-refractivity contribution in [2.75, 3.05) is 0 Å². The van der Waals surface area contributed by atoms with E-state index in [1.165, 1.54) is 27.3 Å². The fourth-order valence-corrected chi connectivity index (χ4v) is 6.69. The van der Waals surface area contributed by atoms with Crippen molar-refractivity contribution >= 4 is 44.9 Å². The highest BCUT2D eigenvalue weighted by molar-refractivity contribution is 6.98. The second-order valence-electron chi connectivity index (χ2n) is 10.5. The fourth-order valence-electron chi connectivity index (χ4n) is 6.69. The molecular formula is C36H22BNO2. The molecule has 3 heterocycles. The number of para-hydroxylation sites is 5. The van der Waals surface area contributed by atoms with Crippen molar-refractivity contribution in [1.29, 1.82) is 0 Å². The van der Waals surface area contributed by atoms with Crippen molar-refractivity contribution in [1.82, 2.24) is 4.57 Å². The molecule has 0 N–H and O–H groups in total. The van der Waals surface area contributed by atoms with Crippen molar-refractivity contribution in [3.8, 4) is 39.8 Å². The van der Waals surface area contributed by atoms with Gasteiger partial charge in [0.1, 0.15) is 23.0 Å². The third-order valence-electron chi connectivity index (χ3n) is 8.33. The van der Waals surface area contributed by atoms with Crippen LogP contribution in [0.4, 0.5) is 0 Å². The predicted molar refractivity (Wildman–Crippen MR) is 164 cm³/mol. The standard InChI is InChI=1S/C36H22BNO2/c1-2-11-23(12-3-1)38-30-19-6-4-13-24(30)25-14-8-15-26(35(25)38)27-16-9-18-29-36(27)40-33-22-10-21-32-34(33)37(29)28-17-5-7-20-31(28)39-32/h1-22H. The molecule has 2 aliphatic rings. The van der Waals surface area contributed by atoms with Crippen LogP contribution in [0, 0.1) is 0 Å². The first-order chi connectivity index (χ1) is 19.9. The van der Waals surface area contributed by atoms with Gasteiger partial charge in [-0.1, -0.05) is 97.1 Å². The van der Waals surface area contributed by atoms with Gasteiger partial charge in [-0.15, -0.1) is 0 Å². The van der Waals surface area contributed by atoms with Gasteiger partial charge in [-0.25, -0.2) is 0 Å². The minimum Gasteiger partial charge on any atom is -0.458 e. The Labute approximate surface area is 231 Å². The highest BCUT2D eigenvalue weighted by Crippen LogP contribution is 2.43. The number of benzene rings is 6. The summed E-state index contributed by atoms with van der Waals surface area (Å²) < 4.78 is 15.5. The summed E-state index contributed by atoms with van der Waals surface area (Å²) in [7, 11) is 0. The maximum absolute atomic E-state index is 6.80. The lowest BCUT2D eigenvalue weighted by molar-refractivity contribution is 0.465. The molecule has 0 aliphatic carbocycles. The Morgan fingerprint density at radius 2 is 1.12 bits per heavy atom. The summed E-state index contributed by atoms with van der Waals surface area (Å²) in [5, 5.41) is 2.46. The third-order valence-corrected chi connectivity index (χ3v) is 8.33. The van der Waals surface area contributed by atoms with Gasteiger partial charge in [-0.3, -0.25) is 0 Å². The van der Waals surface area contributed by atoms with E-state index < -0.39 is 0 Å². The van der Waals surface area contributed by atoms with Crippen LogP contribution in [-0.4, -0.2) is 11.3 Å². The Hall–Kier alpha value is -5.22. The molecule has 0 spiro atoms. The monoisotopic (exact) mass is 511 g/mol. The molecule has 9 rings (SSSR count). The lowest BCUT2D eigenvalue weighted by Gasteiger charge is -2.33. The zero-order valence-electron chi connectivity index (χ0n) is 21.5. The van der Waals surface area contributed by atoms with E-state index in [9.17, 15) is 0 Å². The van der Waals surface area contributed by atoms with Gasteiger partial charge in [0.05, 0.1) is 11.0 Å². The highest BCUT2D eigenvalue weighted by Gasteiger charge is 2.40. The molecule has 0 fully saturated rings. The summed E-state index contributed by atoms with van der Waals surface area (Å²) in [4.78, 5) is 0. The Morgan fingerprint density at radius 1 is 0.475 bits per heavy atom. The van der Waals surface area contributed by atoms with Crippen molar-refractivity contribution in [3.63, 3.8) is 0 Å². The number of hydrogen-bond acceptors (Lipinski definition) is 2. The zero-order chi connectivity index (χ0) is 26.2. The SMILES string of the molecule is c1ccc(-n2c3ccccc3c3cccc(-c4cccc5c4Oc4cccc6c4B5c4ccccc4O6)c32)cc1. The van der Waals surface area contributed by atoms with Gasteiger partial charge >= 0.3 is 0 Å². The average Bonchev–Trinajstić information content (AvgIpc) is 3.36. The van der Waals surface area contributed by atoms with Gasteiger partial charge < -0.3 is 14.0 Å². The van der Waals surface area contributed by atoms with Crippen LogP contribution in [0.1, 0.15) is 0 Å². The molecule has 4 heteroatoms. The van der Waals surface area contributed by atoms with Crippen LogP contribution in [0.25, 0.3) is 38.6 Å². The van der Waals surface area contributed by atoms with Gasteiger partial charge in [-0.05, 0) is 47.3 Å².